The second-order valence-electron chi connectivity index (χ2n) is 4.60. The van der Waals surface area contributed by atoms with Crippen LogP contribution >= 0.6 is 0 Å². The van der Waals surface area contributed by atoms with Gasteiger partial charge in [0.15, 0.2) is 0 Å². The lowest BCUT2D eigenvalue weighted by Crippen LogP contribution is -2.33. The van der Waals surface area contributed by atoms with Crippen LogP contribution in [-0.2, 0) is 6.18 Å². The summed E-state index contributed by atoms with van der Waals surface area (Å²) in [7, 11) is 0. The maximum atomic E-state index is 12.4. The van der Waals surface area contributed by atoms with Gasteiger partial charge in [-0.2, -0.15) is 13.2 Å². The van der Waals surface area contributed by atoms with Crippen molar-refractivity contribution in [3.8, 4) is 0 Å². The van der Waals surface area contributed by atoms with Crippen molar-refractivity contribution in [2.24, 2.45) is 5.92 Å². The zero-order valence-electron chi connectivity index (χ0n) is 10.1. The van der Waals surface area contributed by atoms with Gasteiger partial charge in [-0.15, -0.1) is 6.58 Å². The number of allylic oxidation sites excluding steroid dienone is 1. The van der Waals surface area contributed by atoms with Gasteiger partial charge in [0.1, 0.15) is 0 Å². The molecule has 0 atom stereocenters. The molecule has 0 aliphatic carbocycles. The van der Waals surface area contributed by atoms with Crippen molar-refractivity contribution >= 4 is 5.69 Å². The van der Waals surface area contributed by atoms with Crippen molar-refractivity contribution in [2.45, 2.75) is 19.0 Å². The quantitative estimate of drug-likeness (QED) is 0.719. The van der Waals surface area contributed by atoms with Crippen LogP contribution in [0.2, 0.25) is 0 Å². The van der Waals surface area contributed by atoms with E-state index in [1.54, 1.807) is 12.1 Å². The highest BCUT2D eigenvalue weighted by Gasteiger charge is 2.30. The fraction of sp³-hybridized carbons (Fsp3) is 0.429. The summed E-state index contributed by atoms with van der Waals surface area (Å²) in [6.07, 6.45) is -0.256. The fourth-order valence-corrected chi connectivity index (χ4v) is 2.25. The van der Waals surface area contributed by atoms with Crippen LogP contribution in [0.15, 0.2) is 36.9 Å². The third-order valence-corrected chi connectivity index (χ3v) is 3.43. The van der Waals surface area contributed by atoms with Gasteiger partial charge in [0.05, 0.1) is 5.56 Å². The topological polar surface area (TPSA) is 3.24 Å². The fourth-order valence-electron chi connectivity index (χ4n) is 2.25. The molecule has 1 aromatic carbocycles. The molecule has 0 spiro atoms. The summed E-state index contributed by atoms with van der Waals surface area (Å²) in [5.74, 6) is 0.538. The van der Waals surface area contributed by atoms with Crippen LogP contribution in [0.25, 0.3) is 0 Å². The van der Waals surface area contributed by atoms with Gasteiger partial charge in [-0.1, -0.05) is 6.08 Å². The monoisotopic (exact) mass is 255 g/mol. The average Bonchev–Trinajstić information content (AvgIpc) is 2.38. The lowest BCUT2D eigenvalue weighted by molar-refractivity contribution is -0.137. The Bertz CT molecular complexity index is 400. The number of nitrogens with zero attached hydrogens (tertiary/aromatic N) is 1. The first-order valence-electron chi connectivity index (χ1n) is 6.05. The summed E-state index contributed by atoms with van der Waals surface area (Å²) in [4.78, 5) is 2.13. The molecule has 0 radical (unpaired) electrons. The molecule has 18 heavy (non-hydrogen) atoms. The van der Waals surface area contributed by atoms with Crippen LogP contribution in [0.3, 0.4) is 0 Å². The largest absolute Gasteiger partial charge is 0.416 e. The minimum atomic E-state index is -4.26. The predicted molar refractivity (Wildman–Crippen MR) is 66.6 cm³/mol. The normalized spacial score (nSPS) is 17.8. The van der Waals surface area contributed by atoms with Gasteiger partial charge in [-0.25, -0.2) is 0 Å². The molecule has 0 saturated carbocycles. The second-order valence-corrected chi connectivity index (χ2v) is 4.60. The Morgan fingerprint density at radius 3 is 2.11 bits per heavy atom. The molecular weight excluding hydrogens is 239 g/mol. The van der Waals surface area contributed by atoms with Gasteiger partial charge in [0.25, 0.3) is 0 Å². The molecule has 0 unspecified atom stereocenters. The van der Waals surface area contributed by atoms with Gasteiger partial charge >= 0.3 is 6.18 Å². The van der Waals surface area contributed by atoms with Crippen LogP contribution < -0.4 is 4.90 Å². The van der Waals surface area contributed by atoms with Crippen LogP contribution in [0.5, 0.6) is 0 Å². The first kappa shape index (κ1) is 13.0. The molecule has 1 saturated heterocycles. The Kier molecular flexibility index (Phi) is 3.64. The lowest BCUT2D eigenvalue weighted by atomic mass is 9.97. The van der Waals surface area contributed by atoms with Crippen molar-refractivity contribution < 1.29 is 13.2 Å². The average molecular weight is 255 g/mol. The molecule has 1 aromatic rings. The molecule has 0 amide bonds. The molecular formula is C14H16F3N. The first-order valence-corrected chi connectivity index (χ1v) is 6.05. The first-order chi connectivity index (χ1) is 8.50. The van der Waals surface area contributed by atoms with Crippen LogP contribution in [-0.4, -0.2) is 13.1 Å². The Hall–Kier alpha value is -1.45. The number of hydrogen-bond donors (Lipinski definition) is 0. The van der Waals surface area contributed by atoms with Crippen molar-refractivity contribution in [1.82, 2.24) is 0 Å². The van der Waals surface area contributed by atoms with Gasteiger partial charge in [0.2, 0.25) is 0 Å². The predicted octanol–water partition coefficient (Wildman–Crippen LogP) is 4.11. The molecule has 0 bridgehead atoms. The summed E-state index contributed by atoms with van der Waals surface area (Å²) in [6.45, 7) is 5.53. The van der Waals surface area contributed by atoms with E-state index >= 15 is 0 Å². The number of anilines is 1. The second kappa shape index (κ2) is 5.04. The maximum absolute atomic E-state index is 12.4. The van der Waals surface area contributed by atoms with Crippen molar-refractivity contribution in [2.75, 3.05) is 18.0 Å². The Morgan fingerprint density at radius 2 is 1.67 bits per heavy atom. The van der Waals surface area contributed by atoms with E-state index in [1.165, 1.54) is 0 Å². The molecule has 2 rings (SSSR count). The lowest BCUT2D eigenvalue weighted by Gasteiger charge is -2.32. The Labute approximate surface area is 105 Å². The van der Waals surface area contributed by atoms with E-state index in [4.69, 9.17) is 0 Å². The van der Waals surface area contributed by atoms with Gasteiger partial charge in [0, 0.05) is 18.8 Å². The highest BCUT2D eigenvalue weighted by Crippen LogP contribution is 2.31. The van der Waals surface area contributed by atoms with E-state index in [2.05, 4.69) is 11.5 Å². The van der Waals surface area contributed by atoms with Gasteiger partial charge < -0.3 is 4.90 Å². The molecule has 1 aliphatic rings. The molecule has 1 nitrogen and oxygen atoms in total. The third-order valence-electron chi connectivity index (χ3n) is 3.43. The smallest absolute Gasteiger partial charge is 0.371 e. The van der Waals surface area contributed by atoms with E-state index in [9.17, 15) is 13.2 Å². The SMILES string of the molecule is C=CC1CCN(c2ccc(C(F)(F)F)cc2)CC1. The van der Waals surface area contributed by atoms with E-state index < -0.39 is 11.7 Å². The zero-order chi connectivity index (χ0) is 13.2. The summed E-state index contributed by atoms with van der Waals surface area (Å²) in [6, 6.07) is 5.40. The molecule has 4 heteroatoms. The zero-order valence-corrected chi connectivity index (χ0v) is 10.1. The standard InChI is InChI=1S/C14H16F3N/c1-2-11-7-9-18(10-8-11)13-5-3-12(4-6-13)14(15,16)17/h2-6,11H,1,7-10H2. The summed E-state index contributed by atoms with van der Waals surface area (Å²) < 4.78 is 37.3. The summed E-state index contributed by atoms with van der Waals surface area (Å²) in [5, 5.41) is 0. The number of hydrogen-bond acceptors (Lipinski definition) is 1. The van der Waals surface area contributed by atoms with E-state index in [-0.39, 0.29) is 0 Å². The minimum absolute atomic E-state index is 0.538. The van der Waals surface area contributed by atoms with Crippen LogP contribution in [0, 0.1) is 5.92 Å². The Morgan fingerprint density at radius 1 is 1.11 bits per heavy atom. The highest BCUT2D eigenvalue weighted by atomic mass is 19.4. The summed E-state index contributed by atoms with van der Waals surface area (Å²) in [5.41, 5.74) is 0.276. The third kappa shape index (κ3) is 2.86. The van der Waals surface area contributed by atoms with E-state index in [0.29, 0.717) is 5.92 Å². The molecule has 0 N–H and O–H groups in total. The highest BCUT2D eigenvalue weighted by molar-refractivity contribution is 5.48. The van der Waals surface area contributed by atoms with E-state index in [0.717, 1.165) is 43.8 Å². The van der Waals surface area contributed by atoms with Gasteiger partial charge in [-0.3, -0.25) is 0 Å². The minimum Gasteiger partial charge on any atom is -0.371 e. The molecule has 1 fully saturated rings. The molecule has 1 heterocycles. The van der Waals surface area contributed by atoms with Gasteiger partial charge in [-0.05, 0) is 43.0 Å². The molecule has 98 valence electrons. The van der Waals surface area contributed by atoms with Crippen LogP contribution in [0.4, 0.5) is 18.9 Å². The van der Waals surface area contributed by atoms with Crippen molar-refractivity contribution in [3.63, 3.8) is 0 Å². The van der Waals surface area contributed by atoms with E-state index in [1.807, 2.05) is 6.08 Å². The number of halogens is 3. The Balaban J connectivity index is 2.05. The number of piperidine rings is 1. The maximum Gasteiger partial charge on any atom is 0.416 e. The molecule has 1 aliphatic heterocycles. The summed E-state index contributed by atoms with van der Waals surface area (Å²) >= 11 is 0. The number of benzene rings is 1. The van der Waals surface area contributed by atoms with Crippen molar-refractivity contribution in [3.05, 3.63) is 42.5 Å². The molecule has 0 aromatic heterocycles. The van der Waals surface area contributed by atoms with Crippen molar-refractivity contribution in [1.29, 1.82) is 0 Å². The number of alkyl halides is 3. The van der Waals surface area contributed by atoms with Crippen LogP contribution in [0.1, 0.15) is 18.4 Å². The number of rotatable bonds is 2.